The first-order valence-electron chi connectivity index (χ1n) is 5.82. The zero-order chi connectivity index (χ0) is 12.1. The van der Waals surface area contributed by atoms with Gasteiger partial charge in [-0.05, 0) is 24.4 Å². The van der Waals surface area contributed by atoms with E-state index in [-0.39, 0.29) is 24.2 Å². The molecular weight excluding hydrogens is 236 g/mol. The fourth-order valence-electron chi connectivity index (χ4n) is 1.87. The summed E-state index contributed by atoms with van der Waals surface area (Å²) in [6.45, 7) is 1.80. The molecule has 1 saturated heterocycles. The van der Waals surface area contributed by atoms with Crippen LogP contribution in [0.15, 0.2) is 17.5 Å². The van der Waals surface area contributed by atoms with Crippen LogP contribution in [0.1, 0.15) is 28.9 Å². The molecule has 5 heteroatoms. The number of carbonyl (C=O) groups excluding carboxylic acids is 2. The Hall–Kier alpha value is -1.20. The van der Waals surface area contributed by atoms with Crippen LogP contribution < -0.4 is 10.6 Å². The minimum absolute atomic E-state index is 0.0244. The summed E-state index contributed by atoms with van der Waals surface area (Å²) in [6, 6.07) is 3.88. The molecule has 0 radical (unpaired) electrons. The maximum absolute atomic E-state index is 11.7. The maximum Gasteiger partial charge on any atom is 0.220 e. The van der Waals surface area contributed by atoms with Crippen LogP contribution in [-0.4, -0.2) is 30.8 Å². The molecule has 2 rings (SSSR count). The lowest BCUT2D eigenvalue weighted by Gasteiger charge is -2.10. The van der Waals surface area contributed by atoms with Gasteiger partial charge in [-0.25, -0.2) is 0 Å². The van der Waals surface area contributed by atoms with E-state index in [9.17, 15) is 9.59 Å². The number of ketones is 1. The number of rotatable bonds is 5. The first-order chi connectivity index (χ1) is 8.25. The summed E-state index contributed by atoms with van der Waals surface area (Å²) in [6.07, 6.45) is 1.56. The van der Waals surface area contributed by atoms with Crippen molar-refractivity contribution >= 4 is 23.0 Å². The van der Waals surface area contributed by atoms with Gasteiger partial charge in [-0.2, -0.15) is 0 Å². The van der Waals surface area contributed by atoms with Crippen molar-refractivity contribution in [2.24, 2.45) is 0 Å². The third-order valence-electron chi connectivity index (χ3n) is 2.80. The molecule has 1 aromatic rings. The highest BCUT2D eigenvalue weighted by molar-refractivity contribution is 7.12. The van der Waals surface area contributed by atoms with Crippen LogP contribution in [0.5, 0.6) is 0 Å². The molecule has 1 fully saturated rings. The molecule has 0 aliphatic carbocycles. The fourth-order valence-corrected chi connectivity index (χ4v) is 2.56. The monoisotopic (exact) mass is 252 g/mol. The van der Waals surface area contributed by atoms with Gasteiger partial charge < -0.3 is 10.6 Å². The first-order valence-corrected chi connectivity index (χ1v) is 6.70. The Balaban J connectivity index is 1.70. The minimum atomic E-state index is -0.0244. The molecule has 0 saturated carbocycles. The molecule has 1 aromatic heterocycles. The van der Waals surface area contributed by atoms with Gasteiger partial charge in [0.25, 0.3) is 0 Å². The molecule has 92 valence electrons. The molecule has 0 spiro atoms. The second-order valence-electron chi connectivity index (χ2n) is 4.16. The van der Waals surface area contributed by atoms with Crippen molar-refractivity contribution in [2.45, 2.75) is 25.3 Å². The largest absolute Gasteiger partial charge is 0.352 e. The van der Waals surface area contributed by atoms with Gasteiger partial charge >= 0.3 is 0 Å². The van der Waals surface area contributed by atoms with Crippen LogP contribution in [-0.2, 0) is 4.79 Å². The van der Waals surface area contributed by atoms with Gasteiger partial charge in [0.2, 0.25) is 5.91 Å². The average Bonchev–Trinajstić information content (AvgIpc) is 2.97. The van der Waals surface area contributed by atoms with Gasteiger partial charge in [-0.15, -0.1) is 11.3 Å². The van der Waals surface area contributed by atoms with Crippen LogP contribution >= 0.6 is 11.3 Å². The van der Waals surface area contributed by atoms with Crippen molar-refractivity contribution in [1.29, 1.82) is 0 Å². The first kappa shape index (κ1) is 12.3. The smallest absolute Gasteiger partial charge is 0.220 e. The van der Waals surface area contributed by atoms with Gasteiger partial charge in [0, 0.05) is 25.4 Å². The molecule has 0 aromatic carbocycles. The molecule has 4 nitrogen and oxygen atoms in total. The van der Waals surface area contributed by atoms with Crippen molar-refractivity contribution in [2.75, 3.05) is 13.1 Å². The Bertz CT molecular complexity index is 383. The zero-order valence-electron chi connectivity index (χ0n) is 9.57. The highest BCUT2D eigenvalue weighted by atomic mass is 32.1. The van der Waals surface area contributed by atoms with Crippen molar-refractivity contribution in [3.8, 4) is 0 Å². The van der Waals surface area contributed by atoms with E-state index in [0.29, 0.717) is 6.42 Å². The highest BCUT2D eigenvalue weighted by Crippen LogP contribution is 2.12. The number of Topliss-reactive ketones (excluding diaryl/α,β-unsaturated/α-hetero) is 1. The highest BCUT2D eigenvalue weighted by Gasteiger charge is 2.17. The Labute approximate surface area is 104 Å². The fraction of sp³-hybridized carbons (Fsp3) is 0.500. The second kappa shape index (κ2) is 5.93. The normalized spacial score (nSPS) is 19.2. The van der Waals surface area contributed by atoms with E-state index in [1.807, 2.05) is 11.4 Å². The summed E-state index contributed by atoms with van der Waals surface area (Å²) in [5.41, 5.74) is 0. The summed E-state index contributed by atoms with van der Waals surface area (Å²) in [5.74, 6) is 0.0308. The van der Waals surface area contributed by atoms with E-state index < -0.39 is 0 Å². The van der Waals surface area contributed by atoms with Crippen molar-refractivity contribution < 1.29 is 9.59 Å². The molecular formula is C12H16N2O2S. The second-order valence-corrected chi connectivity index (χ2v) is 5.11. The van der Waals surface area contributed by atoms with E-state index >= 15 is 0 Å². The predicted molar refractivity (Wildman–Crippen MR) is 67.3 cm³/mol. The maximum atomic E-state index is 11.7. The molecule has 1 aliphatic heterocycles. The minimum Gasteiger partial charge on any atom is -0.352 e. The number of thiophene rings is 1. The van der Waals surface area contributed by atoms with Crippen LogP contribution in [0.2, 0.25) is 0 Å². The molecule has 2 heterocycles. The van der Waals surface area contributed by atoms with Crippen LogP contribution in [0.3, 0.4) is 0 Å². The third-order valence-corrected chi connectivity index (χ3v) is 3.71. The quantitative estimate of drug-likeness (QED) is 0.774. The summed E-state index contributed by atoms with van der Waals surface area (Å²) in [4.78, 5) is 24.0. The van der Waals surface area contributed by atoms with Gasteiger partial charge in [-0.3, -0.25) is 9.59 Å². The number of nitrogens with one attached hydrogen (secondary N) is 2. The number of hydrogen-bond acceptors (Lipinski definition) is 4. The lowest BCUT2D eigenvalue weighted by molar-refractivity contribution is -0.121. The Kier molecular flexibility index (Phi) is 4.28. The van der Waals surface area contributed by atoms with E-state index in [2.05, 4.69) is 10.6 Å². The van der Waals surface area contributed by atoms with E-state index in [1.54, 1.807) is 6.07 Å². The lowest BCUT2D eigenvalue weighted by Crippen LogP contribution is -2.36. The van der Waals surface area contributed by atoms with Crippen molar-refractivity contribution in [3.05, 3.63) is 22.4 Å². The van der Waals surface area contributed by atoms with E-state index in [4.69, 9.17) is 0 Å². The topological polar surface area (TPSA) is 58.2 Å². The number of carbonyl (C=O) groups is 2. The van der Waals surface area contributed by atoms with Crippen LogP contribution in [0.25, 0.3) is 0 Å². The van der Waals surface area contributed by atoms with Crippen molar-refractivity contribution in [1.82, 2.24) is 10.6 Å². The summed E-state index contributed by atoms with van der Waals surface area (Å²) in [7, 11) is 0. The molecule has 1 amide bonds. The standard InChI is InChI=1S/C12H16N2O2S/c15-10(11-2-1-7-17-11)3-4-12(16)14-9-5-6-13-8-9/h1-2,7,9,13H,3-6,8H2,(H,14,16). The van der Waals surface area contributed by atoms with E-state index in [0.717, 1.165) is 24.4 Å². The molecule has 17 heavy (non-hydrogen) atoms. The van der Waals surface area contributed by atoms with Crippen LogP contribution in [0.4, 0.5) is 0 Å². The van der Waals surface area contributed by atoms with Gasteiger partial charge in [0.05, 0.1) is 4.88 Å². The molecule has 1 unspecified atom stereocenters. The Morgan fingerprint density at radius 1 is 1.47 bits per heavy atom. The Morgan fingerprint density at radius 3 is 3.00 bits per heavy atom. The molecule has 1 aliphatic rings. The molecule has 0 bridgehead atoms. The zero-order valence-corrected chi connectivity index (χ0v) is 10.4. The molecule has 2 N–H and O–H groups in total. The summed E-state index contributed by atoms with van der Waals surface area (Å²) >= 11 is 1.42. The number of hydrogen-bond donors (Lipinski definition) is 2. The lowest BCUT2D eigenvalue weighted by atomic mass is 10.1. The van der Waals surface area contributed by atoms with Crippen molar-refractivity contribution in [3.63, 3.8) is 0 Å². The molecule has 1 atom stereocenters. The van der Waals surface area contributed by atoms with Gasteiger partial charge in [0.15, 0.2) is 5.78 Å². The summed E-state index contributed by atoms with van der Waals surface area (Å²) < 4.78 is 0. The van der Waals surface area contributed by atoms with E-state index in [1.165, 1.54) is 11.3 Å². The predicted octanol–water partition coefficient (Wildman–Crippen LogP) is 1.19. The third kappa shape index (κ3) is 3.64. The SMILES string of the molecule is O=C(CCC(=O)c1cccs1)NC1CCNC1. The summed E-state index contributed by atoms with van der Waals surface area (Å²) in [5, 5.41) is 7.99. The Morgan fingerprint density at radius 2 is 2.35 bits per heavy atom. The van der Waals surface area contributed by atoms with Gasteiger partial charge in [-0.1, -0.05) is 6.07 Å². The van der Waals surface area contributed by atoms with Gasteiger partial charge in [0.1, 0.15) is 0 Å². The average molecular weight is 252 g/mol. The van der Waals surface area contributed by atoms with Crippen LogP contribution in [0, 0.1) is 0 Å². The number of amides is 1.